The van der Waals surface area contributed by atoms with Gasteiger partial charge in [0.25, 0.3) is 0 Å². The van der Waals surface area contributed by atoms with Gasteiger partial charge in [-0.2, -0.15) is 0 Å². The highest BCUT2D eigenvalue weighted by atomic mass is 19.1. The Morgan fingerprint density at radius 3 is 2.48 bits per heavy atom. The van der Waals surface area contributed by atoms with E-state index in [9.17, 15) is 9.18 Å². The number of piperidine rings is 2. The summed E-state index contributed by atoms with van der Waals surface area (Å²) >= 11 is 0. The Labute approximate surface area is 125 Å². The van der Waals surface area contributed by atoms with E-state index in [1.54, 1.807) is 12.1 Å². The van der Waals surface area contributed by atoms with Crippen LogP contribution in [0.2, 0.25) is 0 Å². The molecule has 114 valence electrons. The Kier molecular flexibility index (Phi) is 3.98. The molecule has 0 saturated carbocycles. The number of halogens is 1. The molecule has 2 fully saturated rings. The van der Waals surface area contributed by atoms with Gasteiger partial charge in [-0.15, -0.1) is 0 Å². The minimum atomic E-state index is -0.257. The molecule has 1 aromatic rings. The standard InChI is InChI=1S/C17H23FN2O/c1-2-19-11-3-9-17(13-19)10-4-12-20(16(17)21)15-7-5-14(18)6-8-15/h5-8H,2-4,9-13H2,1H3. The Morgan fingerprint density at radius 2 is 1.81 bits per heavy atom. The molecule has 2 aliphatic rings. The molecule has 2 saturated heterocycles. The summed E-state index contributed by atoms with van der Waals surface area (Å²) in [6.45, 7) is 5.89. The quantitative estimate of drug-likeness (QED) is 0.836. The van der Waals surface area contributed by atoms with Crippen LogP contribution in [0.15, 0.2) is 24.3 Å². The van der Waals surface area contributed by atoms with E-state index in [1.807, 2.05) is 4.90 Å². The zero-order valence-electron chi connectivity index (χ0n) is 12.6. The number of hydrogen-bond donors (Lipinski definition) is 0. The van der Waals surface area contributed by atoms with Crippen molar-refractivity contribution in [1.29, 1.82) is 0 Å². The number of carbonyl (C=O) groups excluding carboxylic acids is 1. The lowest BCUT2D eigenvalue weighted by Crippen LogP contribution is -2.56. The average Bonchev–Trinajstić information content (AvgIpc) is 2.51. The van der Waals surface area contributed by atoms with Crippen LogP contribution in [0.4, 0.5) is 10.1 Å². The van der Waals surface area contributed by atoms with Crippen molar-refractivity contribution >= 4 is 11.6 Å². The van der Waals surface area contributed by atoms with E-state index in [0.29, 0.717) is 0 Å². The van der Waals surface area contributed by atoms with Gasteiger partial charge < -0.3 is 9.80 Å². The number of carbonyl (C=O) groups is 1. The number of nitrogens with zero attached hydrogens (tertiary/aromatic N) is 2. The Balaban J connectivity index is 1.84. The lowest BCUT2D eigenvalue weighted by atomic mass is 9.73. The maximum atomic E-state index is 13.1. The minimum absolute atomic E-state index is 0.221. The summed E-state index contributed by atoms with van der Waals surface area (Å²) in [7, 11) is 0. The van der Waals surface area contributed by atoms with Gasteiger partial charge >= 0.3 is 0 Å². The molecule has 1 aromatic carbocycles. The van der Waals surface area contributed by atoms with Gasteiger partial charge in [-0.3, -0.25) is 4.79 Å². The molecular weight excluding hydrogens is 267 g/mol. The van der Waals surface area contributed by atoms with E-state index >= 15 is 0 Å². The molecule has 21 heavy (non-hydrogen) atoms. The van der Waals surface area contributed by atoms with Crippen molar-refractivity contribution in [1.82, 2.24) is 4.90 Å². The molecule has 0 N–H and O–H groups in total. The summed E-state index contributed by atoms with van der Waals surface area (Å²) in [5, 5.41) is 0. The molecule has 1 amide bonds. The van der Waals surface area contributed by atoms with Gasteiger partial charge in [0.1, 0.15) is 5.82 Å². The van der Waals surface area contributed by atoms with Gasteiger partial charge in [0.05, 0.1) is 5.41 Å². The van der Waals surface area contributed by atoms with Gasteiger partial charge in [-0.05, 0) is 63.0 Å². The first-order valence-electron chi connectivity index (χ1n) is 7.94. The van der Waals surface area contributed by atoms with Crippen molar-refractivity contribution in [2.75, 3.05) is 31.1 Å². The van der Waals surface area contributed by atoms with Crippen LogP contribution in [-0.4, -0.2) is 37.0 Å². The molecule has 0 aliphatic carbocycles. The summed E-state index contributed by atoms with van der Waals surface area (Å²) in [5.41, 5.74) is 0.607. The van der Waals surface area contributed by atoms with Crippen LogP contribution < -0.4 is 4.90 Å². The number of anilines is 1. The first kappa shape index (κ1) is 14.5. The molecule has 1 unspecified atom stereocenters. The number of amides is 1. The molecule has 3 nitrogen and oxygen atoms in total. The smallest absolute Gasteiger partial charge is 0.234 e. The molecule has 0 bridgehead atoms. The second-order valence-corrected chi connectivity index (χ2v) is 6.29. The molecule has 4 heteroatoms. The van der Waals surface area contributed by atoms with E-state index < -0.39 is 0 Å². The number of hydrogen-bond acceptors (Lipinski definition) is 2. The zero-order valence-corrected chi connectivity index (χ0v) is 12.6. The fourth-order valence-electron chi connectivity index (χ4n) is 3.81. The van der Waals surface area contributed by atoms with Crippen LogP contribution in [0.3, 0.4) is 0 Å². The molecule has 0 aromatic heterocycles. The van der Waals surface area contributed by atoms with E-state index in [2.05, 4.69) is 11.8 Å². The van der Waals surface area contributed by atoms with Crippen molar-refractivity contribution in [3.63, 3.8) is 0 Å². The fourth-order valence-corrected chi connectivity index (χ4v) is 3.81. The Hall–Kier alpha value is -1.42. The zero-order chi connectivity index (χ0) is 14.9. The first-order valence-corrected chi connectivity index (χ1v) is 7.94. The van der Waals surface area contributed by atoms with Crippen LogP contribution >= 0.6 is 0 Å². The molecule has 2 aliphatic heterocycles. The maximum absolute atomic E-state index is 13.1. The molecule has 1 atom stereocenters. The highest BCUT2D eigenvalue weighted by Gasteiger charge is 2.46. The molecule has 0 radical (unpaired) electrons. The summed E-state index contributed by atoms with van der Waals surface area (Å²) in [4.78, 5) is 17.3. The Bertz CT molecular complexity index is 512. The first-order chi connectivity index (χ1) is 10.1. The molecule has 3 rings (SSSR count). The topological polar surface area (TPSA) is 23.6 Å². The normalized spacial score (nSPS) is 27.3. The van der Waals surface area contributed by atoms with Gasteiger partial charge in [0.15, 0.2) is 0 Å². The lowest BCUT2D eigenvalue weighted by Gasteiger charge is -2.47. The maximum Gasteiger partial charge on any atom is 0.234 e. The Morgan fingerprint density at radius 1 is 1.14 bits per heavy atom. The second kappa shape index (κ2) is 5.76. The average molecular weight is 290 g/mol. The van der Waals surface area contributed by atoms with Crippen molar-refractivity contribution in [3.8, 4) is 0 Å². The molecule has 2 heterocycles. The van der Waals surface area contributed by atoms with Crippen LogP contribution in [0.25, 0.3) is 0 Å². The van der Waals surface area contributed by atoms with Crippen LogP contribution in [0, 0.1) is 11.2 Å². The van der Waals surface area contributed by atoms with Crippen molar-refractivity contribution in [2.45, 2.75) is 32.6 Å². The summed E-state index contributed by atoms with van der Waals surface area (Å²) < 4.78 is 13.1. The number of likely N-dealkylation sites (tertiary alicyclic amines) is 1. The fraction of sp³-hybridized carbons (Fsp3) is 0.588. The van der Waals surface area contributed by atoms with Crippen molar-refractivity contribution in [2.24, 2.45) is 5.41 Å². The highest BCUT2D eigenvalue weighted by Crippen LogP contribution is 2.40. The summed E-state index contributed by atoms with van der Waals surface area (Å²) in [6, 6.07) is 6.30. The number of benzene rings is 1. The van der Waals surface area contributed by atoms with Crippen LogP contribution in [0.1, 0.15) is 32.6 Å². The highest BCUT2D eigenvalue weighted by molar-refractivity contribution is 5.98. The van der Waals surface area contributed by atoms with E-state index in [-0.39, 0.29) is 17.1 Å². The van der Waals surface area contributed by atoms with Gasteiger partial charge in [-0.25, -0.2) is 4.39 Å². The van der Waals surface area contributed by atoms with Gasteiger partial charge in [0.2, 0.25) is 5.91 Å². The largest absolute Gasteiger partial charge is 0.312 e. The monoisotopic (exact) mass is 290 g/mol. The van der Waals surface area contributed by atoms with E-state index in [0.717, 1.165) is 57.5 Å². The third kappa shape index (κ3) is 2.69. The third-order valence-electron chi connectivity index (χ3n) is 4.98. The molecule has 1 spiro atoms. The summed E-state index contributed by atoms with van der Waals surface area (Å²) in [6.07, 6.45) is 4.09. The summed E-state index contributed by atoms with van der Waals surface area (Å²) in [5.74, 6) is -0.0220. The van der Waals surface area contributed by atoms with Gasteiger partial charge in [0, 0.05) is 18.8 Å². The number of rotatable bonds is 2. The second-order valence-electron chi connectivity index (χ2n) is 6.29. The SMILES string of the molecule is CCN1CCCC2(CCCN(c3ccc(F)cc3)C2=O)C1. The predicted molar refractivity (Wildman–Crippen MR) is 81.8 cm³/mol. The minimum Gasteiger partial charge on any atom is -0.312 e. The van der Waals surface area contributed by atoms with Gasteiger partial charge in [-0.1, -0.05) is 6.92 Å². The van der Waals surface area contributed by atoms with Crippen molar-refractivity contribution < 1.29 is 9.18 Å². The van der Waals surface area contributed by atoms with Crippen molar-refractivity contribution in [3.05, 3.63) is 30.1 Å². The van der Waals surface area contributed by atoms with Crippen LogP contribution in [-0.2, 0) is 4.79 Å². The third-order valence-corrected chi connectivity index (χ3v) is 4.98. The lowest BCUT2D eigenvalue weighted by molar-refractivity contribution is -0.134. The van der Waals surface area contributed by atoms with Crippen LogP contribution in [0.5, 0.6) is 0 Å². The van der Waals surface area contributed by atoms with E-state index in [4.69, 9.17) is 0 Å². The predicted octanol–water partition coefficient (Wildman–Crippen LogP) is 3.05. The molecular formula is C17H23FN2O. The van der Waals surface area contributed by atoms with E-state index in [1.165, 1.54) is 12.1 Å².